The van der Waals surface area contributed by atoms with E-state index in [1.54, 1.807) is 25.3 Å². The van der Waals surface area contributed by atoms with Crippen LogP contribution in [0.25, 0.3) is 0 Å². The molecule has 10 nitrogen and oxygen atoms in total. The molecule has 2 rings (SSSR count). The molecule has 0 aromatic heterocycles. The monoisotopic (exact) mass is 336 g/mol. The van der Waals surface area contributed by atoms with Gasteiger partial charge in [0, 0.05) is 6.07 Å². The molecular formula is C14H16N4O6. The maximum absolute atomic E-state index is 10.5. The predicted octanol–water partition coefficient (Wildman–Crippen LogP) is 2.37. The lowest BCUT2D eigenvalue weighted by atomic mass is 10.2. The summed E-state index contributed by atoms with van der Waals surface area (Å²) in [5.74, 6) is 0.504. The van der Waals surface area contributed by atoms with E-state index in [-0.39, 0.29) is 5.75 Å². The highest BCUT2D eigenvalue weighted by atomic mass is 16.6. The Labute approximate surface area is 136 Å². The van der Waals surface area contributed by atoms with Crippen molar-refractivity contribution < 1.29 is 19.3 Å². The van der Waals surface area contributed by atoms with Crippen molar-refractivity contribution in [3.63, 3.8) is 0 Å². The molecule has 0 amide bonds. The first-order valence-electron chi connectivity index (χ1n) is 6.47. The molecule has 0 aliphatic heterocycles. The smallest absolute Gasteiger partial charge is 0.387 e. The van der Waals surface area contributed by atoms with Crippen LogP contribution in [0.5, 0.6) is 11.5 Å². The maximum atomic E-state index is 10.5. The molecule has 0 unspecified atom stereocenters. The van der Waals surface area contributed by atoms with E-state index >= 15 is 0 Å². The minimum Gasteiger partial charge on any atom is -0.495 e. The number of hydrogen-bond donors (Lipinski definition) is 2. The Morgan fingerprint density at radius 2 is 1.42 bits per heavy atom. The van der Waals surface area contributed by atoms with E-state index in [1.165, 1.54) is 19.2 Å². The second-order valence-electron chi connectivity index (χ2n) is 4.31. The number of para-hydroxylation sites is 2. The van der Waals surface area contributed by atoms with Crippen LogP contribution >= 0.6 is 0 Å². The molecular weight excluding hydrogens is 320 g/mol. The summed E-state index contributed by atoms with van der Waals surface area (Å²) in [6, 6.07) is 8.98. The zero-order valence-corrected chi connectivity index (χ0v) is 13.0. The highest BCUT2D eigenvalue weighted by Gasteiger charge is 2.28. The van der Waals surface area contributed by atoms with Crippen LogP contribution in [0.2, 0.25) is 0 Å². The molecule has 2 aromatic rings. The minimum atomic E-state index is -0.836. The molecule has 0 atom stereocenters. The van der Waals surface area contributed by atoms with Gasteiger partial charge in [0.05, 0.1) is 35.4 Å². The molecule has 0 spiro atoms. The number of anilines is 2. The van der Waals surface area contributed by atoms with Crippen LogP contribution < -0.4 is 20.9 Å². The first kappa shape index (κ1) is 18.5. The zero-order valence-electron chi connectivity index (χ0n) is 13.0. The van der Waals surface area contributed by atoms with Gasteiger partial charge in [0.15, 0.2) is 0 Å². The summed E-state index contributed by atoms with van der Waals surface area (Å²) in [6.07, 6.45) is 0. The number of ether oxygens (including phenoxy) is 2. The number of benzene rings is 2. The summed E-state index contributed by atoms with van der Waals surface area (Å²) < 4.78 is 9.57. The van der Waals surface area contributed by atoms with E-state index < -0.39 is 21.2 Å². The molecule has 2 aromatic carbocycles. The first-order valence-corrected chi connectivity index (χ1v) is 6.47. The summed E-state index contributed by atoms with van der Waals surface area (Å²) in [5.41, 5.74) is 10.9. The van der Waals surface area contributed by atoms with E-state index in [4.69, 9.17) is 16.2 Å². The number of nitrogens with two attached hydrogens (primary N) is 2. The Kier molecular flexibility index (Phi) is 6.30. The SMILES string of the molecule is COc1cccc(N)c1N.COc1cccc([N+](=O)[O-])c1[N+](=O)[O-]. The van der Waals surface area contributed by atoms with Crippen LogP contribution in [0, 0.1) is 20.2 Å². The van der Waals surface area contributed by atoms with Gasteiger partial charge in [-0.2, -0.15) is 0 Å². The Morgan fingerprint density at radius 3 is 1.88 bits per heavy atom. The molecule has 0 aliphatic carbocycles. The summed E-state index contributed by atoms with van der Waals surface area (Å²) >= 11 is 0. The Bertz CT molecular complexity index is 750. The molecule has 0 fully saturated rings. The Morgan fingerprint density at radius 1 is 0.875 bits per heavy atom. The van der Waals surface area contributed by atoms with Crippen molar-refractivity contribution in [1.29, 1.82) is 0 Å². The van der Waals surface area contributed by atoms with Gasteiger partial charge < -0.3 is 20.9 Å². The number of nitro benzene ring substituents is 2. The van der Waals surface area contributed by atoms with E-state index in [9.17, 15) is 20.2 Å². The summed E-state index contributed by atoms with van der Waals surface area (Å²) in [7, 11) is 2.77. The van der Waals surface area contributed by atoms with Gasteiger partial charge in [0.2, 0.25) is 5.75 Å². The Balaban J connectivity index is 0.000000254. The third kappa shape index (κ3) is 4.22. The number of nitro groups is 2. The molecule has 0 radical (unpaired) electrons. The Hall–Kier alpha value is -3.56. The normalized spacial score (nSPS) is 9.42. The molecule has 24 heavy (non-hydrogen) atoms. The summed E-state index contributed by atoms with van der Waals surface area (Å²) in [5, 5.41) is 21.0. The molecule has 0 bridgehead atoms. The number of nitrogens with zero attached hydrogens (tertiary/aromatic N) is 2. The van der Waals surface area contributed by atoms with Crippen LogP contribution in [0.4, 0.5) is 22.7 Å². The summed E-state index contributed by atoms with van der Waals surface area (Å²) in [6.45, 7) is 0. The zero-order chi connectivity index (χ0) is 18.3. The lowest BCUT2D eigenvalue weighted by Crippen LogP contribution is -1.99. The second kappa shape index (κ2) is 8.17. The molecule has 128 valence electrons. The molecule has 0 saturated heterocycles. The van der Waals surface area contributed by atoms with E-state index in [0.29, 0.717) is 17.1 Å². The predicted molar refractivity (Wildman–Crippen MR) is 88.1 cm³/mol. The van der Waals surface area contributed by atoms with Crippen molar-refractivity contribution in [3.8, 4) is 11.5 Å². The van der Waals surface area contributed by atoms with E-state index in [1.807, 2.05) is 0 Å². The lowest BCUT2D eigenvalue weighted by molar-refractivity contribution is -0.423. The van der Waals surface area contributed by atoms with Crippen molar-refractivity contribution in [2.45, 2.75) is 0 Å². The number of rotatable bonds is 4. The van der Waals surface area contributed by atoms with Crippen molar-refractivity contribution in [2.24, 2.45) is 0 Å². The van der Waals surface area contributed by atoms with Crippen LogP contribution in [0.3, 0.4) is 0 Å². The van der Waals surface area contributed by atoms with Gasteiger partial charge in [-0.15, -0.1) is 0 Å². The number of nitrogen functional groups attached to an aromatic ring is 2. The minimum absolute atomic E-state index is 0.121. The standard InChI is InChI=1S/C7H6N2O5.C7H10N2O/c1-14-6-4-2-3-5(8(10)11)7(6)9(12)13;1-10-6-4-2-3-5(8)7(6)9/h2-4H,1H3;2-4H,8-9H2,1H3. The fraction of sp³-hybridized carbons (Fsp3) is 0.143. The second-order valence-corrected chi connectivity index (χ2v) is 4.31. The molecule has 0 aliphatic rings. The van der Waals surface area contributed by atoms with Crippen molar-refractivity contribution in [2.75, 3.05) is 25.7 Å². The fourth-order valence-corrected chi connectivity index (χ4v) is 1.75. The van der Waals surface area contributed by atoms with Crippen LogP contribution in [-0.2, 0) is 0 Å². The van der Waals surface area contributed by atoms with Crippen LogP contribution in [0.1, 0.15) is 0 Å². The fourth-order valence-electron chi connectivity index (χ4n) is 1.75. The van der Waals surface area contributed by atoms with Gasteiger partial charge in [0.25, 0.3) is 0 Å². The van der Waals surface area contributed by atoms with Gasteiger partial charge in [-0.05, 0) is 18.2 Å². The highest BCUT2D eigenvalue weighted by Crippen LogP contribution is 2.35. The van der Waals surface area contributed by atoms with E-state index in [0.717, 1.165) is 6.07 Å². The highest BCUT2D eigenvalue weighted by molar-refractivity contribution is 5.70. The first-order chi connectivity index (χ1) is 11.3. The number of methoxy groups -OCH3 is 2. The molecule has 0 heterocycles. The van der Waals surface area contributed by atoms with Gasteiger partial charge in [-0.25, -0.2) is 0 Å². The third-order valence-electron chi connectivity index (χ3n) is 2.90. The molecule has 0 saturated carbocycles. The van der Waals surface area contributed by atoms with Crippen LogP contribution in [0.15, 0.2) is 36.4 Å². The quantitative estimate of drug-likeness (QED) is 0.489. The average molecular weight is 336 g/mol. The van der Waals surface area contributed by atoms with Gasteiger partial charge in [-0.1, -0.05) is 12.1 Å². The molecule has 10 heteroatoms. The lowest BCUT2D eigenvalue weighted by Gasteiger charge is -2.04. The maximum Gasteiger partial charge on any atom is 0.387 e. The third-order valence-corrected chi connectivity index (χ3v) is 2.90. The van der Waals surface area contributed by atoms with Gasteiger partial charge in [-0.3, -0.25) is 20.2 Å². The van der Waals surface area contributed by atoms with Gasteiger partial charge in [0.1, 0.15) is 5.75 Å². The summed E-state index contributed by atoms with van der Waals surface area (Å²) in [4.78, 5) is 19.3. The average Bonchev–Trinajstić information content (AvgIpc) is 2.57. The molecule has 4 N–H and O–H groups in total. The van der Waals surface area contributed by atoms with Crippen LogP contribution in [-0.4, -0.2) is 24.1 Å². The number of hydrogen-bond acceptors (Lipinski definition) is 8. The largest absolute Gasteiger partial charge is 0.495 e. The van der Waals surface area contributed by atoms with Crippen molar-refractivity contribution in [1.82, 2.24) is 0 Å². The van der Waals surface area contributed by atoms with Crippen molar-refractivity contribution >= 4 is 22.7 Å². The van der Waals surface area contributed by atoms with Gasteiger partial charge >= 0.3 is 11.4 Å². The van der Waals surface area contributed by atoms with E-state index in [2.05, 4.69) is 4.74 Å². The van der Waals surface area contributed by atoms with Crippen molar-refractivity contribution in [3.05, 3.63) is 56.6 Å². The topological polar surface area (TPSA) is 157 Å².